The molecule has 1 heterocycles. The number of piperazine rings is 1. The summed E-state index contributed by atoms with van der Waals surface area (Å²) < 4.78 is 13.0. The molecule has 0 bridgehead atoms. The SMILES string of the molecule is CC(C)(C)N1CCN(c2ccc(F)cc2N)CC1. The zero-order chi connectivity index (χ0) is 13.3. The Morgan fingerprint density at radius 3 is 2.22 bits per heavy atom. The Labute approximate surface area is 108 Å². The maximum absolute atomic E-state index is 13.0. The van der Waals surface area contributed by atoms with Gasteiger partial charge in [0.05, 0.1) is 11.4 Å². The van der Waals surface area contributed by atoms with Gasteiger partial charge < -0.3 is 10.6 Å². The van der Waals surface area contributed by atoms with Crippen molar-refractivity contribution in [2.75, 3.05) is 36.8 Å². The number of benzene rings is 1. The van der Waals surface area contributed by atoms with E-state index in [0.717, 1.165) is 31.9 Å². The van der Waals surface area contributed by atoms with Crippen LogP contribution in [0.5, 0.6) is 0 Å². The molecular formula is C14H22FN3. The van der Waals surface area contributed by atoms with Crippen molar-refractivity contribution >= 4 is 11.4 Å². The Morgan fingerprint density at radius 1 is 1.11 bits per heavy atom. The van der Waals surface area contributed by atoms with Crippen LogP contribution in [0.2, 0.25) is 0 Å². The standard InChI is InChI=1S/C14H22FN3/c1-14(2,3)18-8-6-17(7-9-18)13-5-4-11(15)10-12(13)16/h4-5,10H,6-9,16H2,1-3H3. The van der Waals surface area contributed by atoms with Gasteiger partial charge in [-0.1, -0.05) is 0 Å². The van der Waals surface area contributed by atoms with E-state index in [4.69, 9.17) is 5.73 Å². The molecule has 0 aromatic heterocycles. The third kappa shape index (κ3) is 2.75. The number of hydrogen-bond donors (Lipinski definition) is 1. The Balaban J connectivity index is 2.06. The third-order valence-corrected chi connectivity index (χ3v) is 3.56. The zero-order valence-corrected chi connectivity index (χ0v) is 11.4. The lowest BCUT2D eigenvalue weighted by Crippen LogP contribution is -2.53. The van der Waals surface area contributed by atoms with Crippen molar-refractivity contribution in [3.8, 4) is 0 Å². The lowest BCUT2D eigenvalue weighted by Gasteiger charge is -2.43. The maximum Gasteiger partial charge on any atom is 0.125 e. The van der Waals surface area contributed by atoms with E-state index in [-0.39, 0.29) is 11.4 Å². The van der Waals surface area contributed by atoms with Gasteiger partial charge in [0.1, 0.15) is 5.82 Å². The van der Waals surface area contributed by atoms with Crippen molar-refractivity contribution in [3.63, 3.8) is 0 Å². The van der Waals surface area contributed by atoms with E-state index < -0.39 is 0 Å². The van der Waals surface area contributed by atoms with Gasteiger partial charge in [-0.05, 0) is 39.0 Å². The maximum atomic E-state index is 13.0. The summed E-state index contributed by atoms with van der Waals surface area (Å²) in [4.78, 5) is 4.69. The molecule has 0 amide bonds. The number of hydrogen-bond acceptors (Lipinski definition) is 3. The van der Waals surface area contributed by atoms with E-state index in [0.29, 0.717) is 5.69 Å². The molecule has 1 aliphatic rings. The van der Waals surface area contributed by atoms with E-state index in [1.807, 2.05) is 0 Å². The second-order valence-corrected chi connectivity index (χ2v) is 5.85. The second-order valence-electron chi connectivity index (χ2n) is 5.85. The first-order valence-corrected chi connectivity index (χ1v) is 6.43. The molecule has 0 atom stereocenters. The first-order chi connectivity index (χ1) is 8.38. The fourth-order valence-corrected chi connectivity index (χ4v) is 2.43. The highest BCUT2D eigenvalue weighted by Crippen LogP contribution is 2.26. The van der Waals surface area contributed by atoms with Gasteiger partial charge >= 0.3 is 0 Å². The summed E-state index contributed by atoms with van der Waals surface area (Å²) in [5, 5.41) is 0. The molecule has 18 heavy (non-hydrogen) atoms. The normalized spacial score (nSPS) is 18.1. The van der Waals surface area contributed by atoms with Gasteiger partial charge in [0.2, 0.25) is 0 Å². The van der Waals surface area contributed by atoms with Crippen molar-refractivity contribution in [1.82, 2.24) is 4.90 Å². The molecule has 4 heteroatoms. The van der Waals surface area contributed by atoms with Crippen molar-refractivity contribution in [2.24, 2.45) is 0 Å². The highest BCUT2D eigenvalue weighted by molar-refractivity contribution is 5.67. The second kappa shape index (κ2) is 4.76. The number of nitrogens with zero attached hydrogens (tertiary/aromatic N) is 2. The van der Waals surface area contributed by atoms with E-state index in [9.17, 15) is 4.39 Å². The highest BCUT2D eigenvalue weighted by Gasteiger charge is 2.26. The molecule has 0 saturated carbocycles. The van der Waals surface area contributed by atoms with E-state index in [1.165, 1.54) is 12.1 Å². The quantitative estimate of drug-likeness (QED) is 0.778. The predicted octanol–water partition coefficient (Wildman–Crippen LogP) is 2.33. The molecule has 0 unspecified atom stereocenters. The van der Waals surface area contributed by atoms with Gasteiger partial charge in [-0.15, -0.1) is 0 Å². The average molecular weight is 251 g/mol. The van der Waals surface area contributed by atoms with Gasteiger partial charge in [-0.25, -0.2) is 4.39 Å². The number of nitrogen functional groups attached to an aromatic ring is 1. The van der Waals surface area contributed by atoms with Crippen LogP contribution in [0.15, 0.2) is 18.2 Å². The minimum atomic E-state index is -0.274. The summed E-state index contributed by atoms with van der Waals surface area (Å²) >= 11 is 0. The lowest BCUT2D eigenvalue weighted by atomic mass is 10.0. The first-order valence-electron chi connectivity index (χ1n) is 6.43. The molecule has 100 valence electrons. The largest absolute Gasteiger partial charge is 0.397 e. The molecule has 3 nitrogen and oxygen atoms in total. The number of anilines is 2. The van der Waals surface area contributed by atoms with Crippen LogP contribution in [0.4, 0.5) is 15.8 Å². The number of halogens is 1. The van der Waals surface area contributed by atoms with Gasteiger partial charge in [0, 0.05) is 31.7 Å². The van der Waals surface area contributed by atoms with Crippen molar-refractivity contribution in [3.05, 3.63) is 24.0 Å². The van der Waals surface area contributed by atoms with Gasteiger partial charge in [-0.2, -0.15) is 0 Å². The highest BCUT2D eigenvalue weighted by atomic mass is 19.1. The minimum absolute atomic E-state index is 0.209. The minimum Gasteiger partial charge on any atom is -0.397 e. The van der Waals surface area contributed by atoms with Crippen LogP contribution in [0, 0.1) is 5.82 Å². The Bertz CT molecular complexity index is 418. The zero-order valence-electron chi connectivity index (χ0n) is 11.4. The molecule has 1 aromatic carbocycles. The molecule has 2 N–H and O–H groups in total. The fraction of sp³-hybridized carbons (Fsp3) is 0.571. The summed E-state index contributed by atoms with van der Waals surface area (Å²) in [6.45, 7) is 10.6. The molecule has 1 aliphatic heterocycles. The van der Waals surface area contributed by atoms with E-state index in [2.05, 4.69) is 30.6 Å². The Kier molecular flexibility index (Phi) is 3.48. The monoisotopic (exact) mass is 251 g/mol. The summed E-state index contributed by atoms with van der Waals surface area (Å²) in [7, 11) is 0. The Hall–Kier alpha value is -1.29. The van der Waals surface area contributed by atoms with Gasteiger partial charge in [-0.3, -0.25) is 4.90 Å². The number of rotatable bonds is 1. The topological polar surface area (TPSA) is 32.5 Å². The van der Waals surface area contributed by atoms with Gasteiger partial charge in [0.25, 0.3) is 0 Å². The molecule has 0 spiro atoms. The van der Waals surface area contributed by atoms with Gasteiger partial charge in [0.15, 0.2) is 0 Å². The fourth-order valence-electron chi connectivity index (χ4n) is 2.43. The summed E-state index contributed by atoms with van der Waals surface area (Å²) in [5.41, 5.74) is 7.56. The average Bonchev–Trinajstić information content (AvgIpc) is 2.28. The van der Waals surface area contributed by atoms with Crippen LogP contribution in [0.1, 0.15) is 20.8 Å². The molecule has 1 aromatic rings. The van der Waals surface area contributed by atoms with Crippen molar-refractivity contribution < 1.29 is 4.39 Å². The smallest absolute Gasteiger partial charge is 0.125 e. The summed E-state index contributed by atoms with van der Waals surface area (Å²) in [6, 6.07) is 4.64. The molecule has 1 saturated heterocycles. The molecule has 0 radical (unpaired) electrons. The van der Waals surface area contributed by atoms with Crippen LogP contribution in [0.25, 0.3) is 0 Å². The Morgan fingerprint density at radius 2 is 1.72 bits per heavy atom. The summed E-state index contributed by atoms with van der Waals surface area (Å²) in [6.07, 6.45) is 0. The molecule has 1 fully saturated rings. The van der Waals surface area contributed by atoms with E-state index in [1.54, 1.807) is 6.07 Å². The van der Waals surface area contributed by atoms with Crippen LogP contribution < -0.4 is 10.6 Å². The van der Waals surface area contributed by atoms with Crippen LogP contribution in [-0.2, 0) is 0 Å². The van der Waals surface area contributed by atoms with Crippen LogP contribution in [0.3, 0.4) is 0 Å². The van der Waals surface area contributed by atoms with E-state index >= 15 is 0 Å². The summed E-state index contributed by atoms with van der Waals surface area (Å²) in [5.74, 6) is -0.274. The molecule has 2 rings (SSSR count). The van der Waals surface area contributed by atoms with Crippen LogP contribution >= 0.6 is 0 Å². The van der Waals surface area contributed by atoms with Crippen molar-refractivity contribution in [2.45, 2.75) is 26.3 Å². The first kappa shape index (κ1) is 13.1. The molecular weight excluding hydrogens is 229 g/mol. The van der Waals surface area contributed by atoms with Crippen molar-refractivity contribution in [1.29, 1.82) is 0 Å². The predicted molar refractivity (Wildman–Crippen MR) is 74.4 cm³/mol. The third-order valence-electron chi connectivity index (χ3n) is 3.56. The molecule has 0 aliphatic carbocycles. The lowest BCUT2D eigenvalue weighted by molar-refractivity contribution is 0.128. The van der Waals surface area contributed by atoms with Crippen LogP contribution in [-0.4, -0.2) is 36.6 Å². The number of nitrogens with two attached hydrogens (primary N) is 1.